The monoisotopic (exact) mass is 249 g/mol. The lowest BCUT2D eigenvalue weighted by molar-refractivity contribution is 0.549. The average molecular weight is 250 g/mol. The maximum absolute atomic E-state index is 6.11. The van der Waals surface area contributed by atoms with Crippen molar-refractivity contribution in [3.63, 3.8) is 0 Å². The Morgan fingerprint density at radius 1 is 1.64 bits per heavy atom. The Kier molecular flexibility index (Phi) is 5.94. The van der Waals surface area contributed by atoms with E-state index in [1.807, 2.05) is 17.8 Å². The second-order valence-electron chi connectivity index (χ2n) is 3.02. The summed E-state index contributed by atoms with van der Waals surface area (Å²) in [6, 6.07) is 2.41. The highest BCUT2D eigenvalue weighted by atomic mass is 35.5. The fourth-order valence-corrected chi connectivity index (χ4v) is 3.13. The summed E-state index contributed by atoms with van der Waals surface area (Å²) in [6.45, 7) is 3.13. The maximum atomic E-state index is 6.11. The number of hydrogen-bond donors (Lipinski definition) is 1. The van der Waals surface area contributed by atoms with Gasteiger partial charge in [0.2, 0.25) is 0 Å². The van der Waals surface area contributed by atoms with E-state index in [1.165, 1.54) is 10.6 Å². The highest BCUT2D eigenvalue weighted by molar-refractivity contribution is 7.98. The smallest absolute Gasteiger partial charge is 0.0561 e. The minimum atomic E-state index is 0.431. The van der Waals surface area contributed by atoms with Gasteiger partial charge >= 0.3 is 0 Å². The van der Waals surface area contributed by atoms with Crippen molar-refractivity contribution in [2.24, 2.45) is 0 Å². The summed E-state index contributed by atoms with van der Waals surface area (Å²) in [5, 5.41) is 6.43. The molecule has 80 valence electrons. The van der Waals surface area contributed by atoms with Gasteiger partial charge in [0.25, 0.3) is 0 Å². The summed E-state index contributed by atoms with van der Waals surface area (Å²) in [6.07, 6.45) is 3.29. The van der Waals surface area contributed by atoms with Gasteiger partial charge in [0.15, 0.2) is 0 Å². The molecule has 4 heteroatoms. The largest absolute Gasteiger partial charge is 0.309 e. The van der Waals surface area contributed by atoms with Crippen molar-refractivity contribution in [1.82, 2.24) is 5.32 Å². The first kappa shape index (κ1) is 12.4. The first-order valence-electron chi connectivity index (χ1n) is 4.74. The SMILES string of the molecule is CCNC(CCSC)c1sccc1Cl. The van der Waals surface area contributed by atoms with Crippen LogP contribution in [0.1, 0.15) is 24.3 Å². The second kappa shape index (κ2) is 6.72. The molecule has 0 spiro atoms. The van der Waals surface area contributed by atoms with Crippen molar-refractivity contribution in [2.45, 2.75) is 19.4 Å². The molecule has 0 aliphatic heterocycles. The Morgan fingerprint density at radius 2 is 2.43 bits per heavy atom. The zero-order valence-corrected chi connectivity index (χ0v) is 10.9. The molecule has 1 nitrogen and oxygen atoms in total. The molecule has 0 aromatic carbocycles. The zero-order valence-electron chi connectivity index (χ0n) is 8.55. The number of halogens is 1. The van der Waals surface area contributed by atoms with Crippen molar-refractivity contribution in [2.75, 3.05) is 18.6 Å². The average Bonchev–Trinajstić information content (AvgIpc) is 2.59. The predicted molar refractivity (Wildman–Crippen MR) is 68.7 cm³/mol. The molecule has 0 aliphatic rings. The highest BCUT2D eigenvalue weighted by Crippen LogP contribution is 2.30. The molecule has 0 saturated carbocycles. The van der Waals surface area contributed by atoms with Crippen molar-refractivity contribution < 1.29 is 0 Å². The van der Waals surface area contributed by atoms with Gasteiger partial charge in [0.05, 0.1) is 5.02 Å². The highest BCUT2D eigenvalue weighted by Gasteiger charge is 2.14. The summed E-state index contributed by atoms with van der Waals surface area (Å²) >= 11 is 9.74. The number of hydrogen-bond acceptors (Lipinski definition) is 3. The van der Waals surface area contributed by atoms with Crippen LogP contribution in [0.5, 0.6) is 0 Å². The van der Waals surface area contributed by atoms with Crippen LogP contribution in [-0.4, -0.2) is 18.6 Å². The van der Waals surface area contributed by atoms with Crippen LogP contribution in [0.3, 0.4) is 0 Å². The second-order valence-corrected chi connectivity index (χ2v) is 5.37. The Morgan fingerprint density at radius 3 is 2.93 bits per heavy atom. The first-order valence-corrected chi connectivity index (χ1v) is 7.40. The molecule has 0 saturated heterocycles. The van der Waals surface area contributed by atoms with Crippen molar-refractivity contribution in [3.05, 3.63) is 21.3 Å². The number of rotatable bonds is 6. The number of thioether (sulfide) groups is 1. The van der Waals surface area contributed by atoms with Gasteiger partial charge in [0.1, 0.15) is 0 Å². The minimum Gasteiger partial charge on any atom is -0.309 e. The lowest BCUT2D eigenvalue weighted by atomic mass is 10.2. The topological polar surface area (TPSA) is 12.0 Å². The molecule has 0 fully saturated rings. The van der Waals surface area contributed by atoms with E-state index < -0.39 is 0 Å². The van der Waals surface area contributed by atoms with Gasteiger partial charge in [-0.3, -0.25) is 0 Å². The van der Waals surface area contributed by atoms with Gasteiger partial charge in [-0.15, -0.1) is 11.3 Å². The third-order valence-corrected chi connectivity index (χ3v) is 4.14. The molecule has 0 amide bonds. The maximum Gasteiger partial charge on any atom is 0.0561 e. The molecule has 1 N–H and O–H groups in total. The lowest BCUT2D eigenvalue weighted by Crippen LogP contribution is -2.20. The van der Waals surface area contributed by atoms with Crippen LogP contribution in [0.4, 0.5) is 0 Å². The lowest BCUT2D eigenvalue weighted by Gasteiger charge is -2.16. The Hall–Kier alpha value is 0.300. The summed E-state index contributed by atoms with van der Waals surface area (Å²) in [4.78, 5) is 1.28. The molecule has 1 atom stereocenters. The van der Waals surface area contributed by atoms with Gasteiger partial charge in [-0.2, -0.15) is 11.8 Å². The summed E-state index contributed by atoms with van der Waals surface area (Å²) < 4.78 is 0. The first-order chi connectivity index (χ1) is 6.79. The van der Waals surface area contributed by atoms with Crippen LogP contribution in [0.2, 0.25) is 5.02 Å². The molecule has 1 rings (SSSR count). The van der Waals surface area contributed by atoms with Gasteiger partial charge in [-0.25, -0.2) is 0 Å². The van der Waals surface area contributed by atoms with Crippen LogP contribution in [0.15, 0.2) is 11.4 Å². The molecule has 1 aromatic rings. The van der Waals surface area contributed by atoms with Gasteiger partial charge in [0, 0.05) is 10.9 Å². The Balaban J connectivity index is 2.62. The molecular formula is C10H16ClNS2. The van der Waals surface area contributed by atoms with E-state index in [0.717, 1.165) is 18.0 Å². The summed E-state index contributed by atoms with van der Waals surface area (Å²) in [5.41, 5.74) is 0. The van der Waals surface area contributed by atoms with Crippen LogP contribution in [0.25, 0.3) is 0 Å². The van der Waals surface area contributed by atoms with E-state index in [9.17, 15) is 0 Å². The molecule has 1 unspecified atom stereocenters. The zero-order chi connectivity index (χ0) is 10.4. The van der Waals surface area contributed by atoms with E-state index in [4.69, 9.17) is 11.6 Å². The molecule has 1 heterocycles. The molecular weight excluding hydrogens is 234 g/mol. The third kappa shape index (κ3) is 3.46. The normalized spacial score (nSPS) is 13.1. The molecule has 0 radical (unpaired) electrons. The number of thiophene rings is 1. The van der Waals surface area contributed by atoms with Gasteiger partial charge in [-0.05, 0) is 36.4 Å². The third-order valence-electron chi connectivity index (χ3n) is 2.02. The summed E-state index contributed by atoms with van der Waals surface area (Å²) in [5.74, 6) is 1.17. The van der Waals surface area contributed by atoms with Crippen LogP contribution in [0, 0.1) is 0 Å². The van der Waals surface area contributed by atoms with E-state index >= 15 is 0 Å². The molecule has 1 aromatic heterocycles. The van der Waals surface area contributed by atoms with Crippen LogP contribution in [-0.2, 0) is 0 Å². The van der Waals surface area contributed by atoms with Crippen molar-refractivity contribution in [1.29, 1.82) is 0 Å². The van der Waals surface area contributed by atoms with E-state index in [2.05, 4.69) is 23.9 Å². The van der Waals surface area contributed by atoms with Crippen molar-refractivity contribution >= 4 is 34.7 Å². The number of nitrogens with one attached hydrogen (secondary N) is 1. The van der Waals surface area contributed by atoms with Crippen LogP contribution >= 0.6 is 34.7 Å². The fraction of sp³-hybridized carbons (Fsp3) is 0.600. The predicted octanol–water partition coefficient (Wildman–Crippen LogP) is 3.81. The van der Waals surface area contributed by atoms with Gasteiger partial charge in [-0.1, -0.05) is 18.5 Å². The minimum absolute atomic E-state index is 0.431. The Labute approximate surface area is 99.2 Å². The standard InChI is InChI=1S/C10H16ClNS2/c1-3-12-9(5-6-13-2)10-8(11)4-7-14-10/h4,7,9,12H,3,5-6H2,1-2H3. The molecule has 14 heavy (non-hydrogen) atoms. The van der Waals surface area contributed by atoms with Crippen molar-refractivity contribution in [3.8, 4) is 0 Å². The van der Waals surface area contributed by atoms with Gasteiger partial charge < -0.3 is 5.32 Å². The summed E-state index contributed by atoms with van der Waals surface area (Å²) in [7, 11) is 0. The molecule has 0 bridgehead atoms. The van der Waals surface area contributed by atoms with E-state index in [1.54, 1.807) is 11.3 Å². The van der Waals surface area contributed by atoms with E-state index in [0.29, 0.717) is 6.04 Å². The quantitative estimate of drug-likeness (QED) is 0.823. The van der Waals surface area contributed by atoms with Crippen LogP contribution < -0.4 is 5.32 Å². The Bertz CT molecular complexity index is 262. The van der Waals surface area contributed by atoms with E-state index in [-0.39, 0.29) is 0 Å². The fourth-order valence-electron chi connectivity index (χ4n) is 1.36. The molecule has 0 aliphatic carbocycles.